The Morgan fingerprint density at radius 1 is 1.28 bits per heavy atom. The van der Waals surface area contributed by atoms with Gasteiger partial charge in [0.2, 0.25) is 0 Å². The number of hydrogen-bond donors (Lipinski definition) is 1. The summed E-state index contributed by atoms with van der Waals surface area (Å²) in [7, 11) is 0. The first-order chi connectivity index (χ1) is 8.56. The van der Waals surface area contributed by atoms with Gasteiger partial charge >= 0.3 is 0 Å². The van der Waals surface area contributed by atoms with Crippen molar-refractivity contribution in [1.29, 1.82) is 0 Å². The standard InChI is InChI=1S/C13H11BrClNO2/c1-8(17)12-3-2-10(5-13(12)15)18-11-4-9(14)6-16-7-11/h2-8,17H,1H3. The molecule has 3 nitrogen and oxygen atoms in total. The van der Waals surface area contributed by atoms with Gasteiger partial charge in [-0.25, -0.2) is 0 Å². The lowest BCUT2D eigenvalue weighted by atomic mass is 10.1. The van der Waals surface area contributed by atoms with E-state index in [1.165, 1.54) is 0 Å². The molecule has 0 fully saturated rings. The third-order valence-electron chi connectivity index (χ3n) is 2.34. The maximum atomic E-state index is 9.48. The Kier molecular flexibility index (Phi) is 4.22. The van der Waals surface area contributed by atoms with Gasteiger partial charge in [0.15, 0.2) is 0 Å². The van der Waals surface area contributed by atoms with Gasteiger partial charge in [-0.2, -0.15) is 0 Å². The van der Waals surface area contributed by atoms with Crippen LogP contribution in [-0.2, 0) is 0 Å². The fourth-order valence-electron chi connectivity index (χ4n) is 1.49. The molecule has 1 aromatic heterocycles. The van der Waals surface area contributed by atoms with Gasteiger partial charge in [-0.3, -0.25) is 4.98 Å². The minimum absolute atomic E-state index is 0.477. The normalized spacial score (nSPS) is 12.2. The summed E-state index contributed by atoms with van der Waals surface area (Å²) in [4.78, 5) is 4.00. The van der Waals surface area contributed by atoms with Crippen LogP contribution in [-0.4, -0.2) is 10.1 Å². The SMILES string of the molecule is CC(O)c1ccc(Oc2cncc(Br)c2)cc1Cl. The number of benzene rings is 1. The Morgan fingerprint density at radius 3 is 2.67 bits per heavy atom. The second kappa shape index (κ2) is 5.69. The lowest BCUT2D eigenvalue weighted by Crippen LogP contribution is -1.93. The lowest BCUT2D eigenvalue weighted by molar-refractivity contribution is 0.199. The quantitative estimate of drug-likeness (QED) is 0.911. The largest absolute Gasteiger partial charge is 0.456 e. The van der Waals surface area contributed by atoms with Crippen molar-refractivity contribution in [3.63, 3.8) is 0 Å². The van der Waals surface area contributed by atoms with Crippen LogP contribution in [0.2, 0.25) is 5.02 Å². The first-order valence-electron chi connectivity index (χ1n) is 5.32. The Bertz CT molecular complexity index is 560. The average molecular weight is 329 g/mol. The highest BCUT2D eigenvalue weighted by atomic mass is 79.9. The van der Waals surface area contributed by atoms with E-state index in [2.05, 4.69) is 20.9 Å². The molecule has 2 aromatic rings. The molecule has 0 aliphatic carbocycles. The number of pyridine rings is 1. The maximum Gasteiger partial charge on any atom is 0.146 e. The van der Waals surface area contributed by atoms with Gasteiger partial charge in [0, 0.05) is 10.7 Å². The Morgan fingerprint density at radius 2 is 2.06 bits per heavy atom. The summed E-state index contributed by atoms with van der Waals surface area (Å²) in [6, 6.07) is 6.98. The number of rotatable bonds is 3. The molecule has 18 heavy (non-hydrogen) atoms. The molecule has 2 rings (SSSR count). The van der Waals surface area contributed by atoms with Crippen molar-refractivity contribution < 1.29 is 9.84 Å². The molecule has 0 bridgehead atoms. The average Bonchev–Trinajstić information content (AvgIpc) is 2.28. The molecule has 5 heteroatoms. The molecule has 0 radical (unpaired) electrons. The van der Waals surface area contributed by atoms with Crippen molar-refractivity contribution in [2.45, 2.75) is 13.0 Å². The van der Waals surface area contributed by atoms with Crippen LogP contribution in [0, 0.1) is 0 Å². The highest BCUT2D eigenvalue weighted by Crippen LogP contribution is 2.30. The van der Waals surface area contributed by atoms with Gasteiger partial charge < -0.3 is 9.84 Å². The molecule has 94 valence electrons. The summed E-state index contributed by atoms with van der Waals surface area (Å²) in [5, 5.41) is 9.96. The highest BCUT2D eigenvalue weighted by Gasteiger charge is 2.08. The predicted molar refractivity (Wildman–Crippen MR) is 74.1 cm³/mol. The molecule has 0 spiro atoms. The molecule has 0 aliphatic rings. The molecule has 1 heterocycles. The monoisotopic (exact) mass is 327 g/mol. The number of halogens is 2. The molecule has 0 aliphatic heterocycles. The van der Waals surface area contributed by atoms with Gasteiger partial charge in [0.1, 0.15) is 11.5 Å². The third kappa shape index (κ3) is 3.22. The summed E-state index contributed by atoms with van der Waals surface area (Å²) < 4.78 is 6.46. The summed E-state index contributed by atoms with van der Waals surface area (Å²) in [6.45, 7) is 1.67. The number of ether oxygens (including phenoxy) is 1. The van der Waals surface area contributed by atoms with Crippen molar-refractivity contribution in [2.75, 3.05) is 0 Å². The van der Waals surface area contributed by atoms with Crippen LogP contribution >= 0.6 is 27.5 Å². The second-order valence-corrected chi connectivity index (χ2v) is 5.12. The zero-order chi connectivity index (χ0) is 13.1. The Labute approximate surface area is 119 Å². The van der Waals surface area contributed by atoms with E-state index in [-0.39, 0.29) is 0 Å². The molecular weight excluding hydrogens is 318 g/mol. The molecule has 1 N–H and O–H groups in total. The van der Waals surface area contributed by atoms with Crippen LogP contribution in [0.5, 0.6) is 11.5 Å². The maximum absolute atomic E-state index is 9.48. The number of aromatic nitrogens is 1. The van der Waals surface area contributed by atoms with Gasteiger partial charge in [0.05, 0.1) is 17.3 Å². The highest BCUT2D eigenvalue weighted by molar-refractivity contribution is 9.10. The van der Waals surface area contributed by atoms with Crippen LogP contribution in [0.15, 0.2) is 41.1 Å². The van der Waals surface area contributed by atoms with Crippen molar-refractivity contribution in [1.82, 2.24) is 4.98 Å². The van der Waals surface area contributed by atoms with E-state index in [0.29, 0.717) is 22.1 Å². The minimum Gasteiger partial charge on any atom is -0.456 e. The molecule has 1 aromatic carbocycles. The molecule has 1 unspecified atom stereocenters. The smallest absolute Gasteiger partial charge is 0.146 e. The van der Waals surface area contributed by atoms with E-state index >= 15 is 0 Å². The molecule has 0 saturated carbocycles. The number of aliphatic hydroxyl groups excluding tert-OH is 1. The number of aliphatic hydroxyl groups is 1. The second-order valence-electron chi connectivity index (χ2n) is 3.80. The van der Waals surface area contributed by atoms with E-state index in [1.54, 1.807) is 37.5 Å². The predicted octanol–water partition coefficient (Wildman–Crippen LogP) is 4.34. The summed E-state index contributed by atoms with van der Waals surface area (Å²) >= 11 is 9.38. The van der Waals surface area contributed by atoms with Crippen molar-refractivity contribution in [3.05, 3.63) is 51.7 Å². The van der Waals surface area contributed by atoms with Crippen molar-refractivity contribution in [3.8, 4) is 11.5 Å². The van der Waals surface area contributed by atoms with E-state index in [1.807, 2.05) is 6.07 Å². The van der Waals surface area contributed by atoms with Crippen LogP contribution in [0.25, 0.3) is 0 Å². The van der Waals surface area contributed by atoms with E-state index in [9.17, 15) is 5.11 Å². The van der Waals surface area contributed by atoms with Crippen LogP contribution < -0.4 is 4.74 Å². The zero-order valence-electron chi connectivity index (χ0n) is 9.60. The van der Waals surface area contributed by atoms with Crippen LogP contribution in [0.4, 0.5) is 0 Å². The van der Waals surface area contributed by atoms with Gasteiger partial charge in [-0.15, -0.1) is 0 Å². The summed E-state index contributed by atoms with van der Waals surface area (Å²) in [6.07, 6.45) is 2.69. The molecule has 0 amide bonds. The molecule has 0 saturated heterocycles. The zero-order valence-corrected chi connectivity index (χ0v) is 11.9. The minimum atomic E-state index is -0.598. The number of nitrogens with zero attached hydrogens (tertiary/aromatic N) is 1. The number of hydrogen-bond acceptors (Lipinski definition) is 3. The Balaban J connectivity index is 2.23. The summed E-state index contributed by atoms with van der Waals surface area (Å²) in [5.74, 6) is 1.22. The fourth-order valence-corrected chi connectivity index (χ4v) is 2.17. The molecular formula is C13H11BrClNO2. The lowest BCUT2D eigenvalue weighted by Gasteiger charge is -2.10. The van der Waals surface area contributed by atoms with Gasteiger partial charge in [0.25, 0.3) is 0 Å². The first-order valence-corrected chi connectivity index (χ1v) is 6.49. The van der Waals surface area contributed by atoms with Crippen molar-refractivity contribution in [2.24, 2.45) is 0 Å². The van der Waals surface area contributed by atoms with E-state index in [0.717, 1.165) is 4.47 Å². The third-order valence-corrected chi connectivity index (χ3v) is 3.10. The van der Waals surface area contributed by atoms with Gasteiger partial charge in [-0.05, 0) is 46.6 Å². The van der Waals surface area contributed by atoms with Gasteiger partial charge in [-0.1, -0.05) is 17.7 Å². The topological polar surface area (TPSA) is 42.4 Å². The van der Waals surface area contributed by atoms with E-state index < -0.39 is 6.10 Å². The van der Waals surface area contributed by atoms with Crippen LogP contribution in [0.3, 0.4) is 0 Å². The van der Waals surface area contributed by atoms with Crippen LogP contribution in [0.1, 0.15) is 18.6 Å². The van der Waals surface area contributed by atoms with Crippen molar-refractivity contribution >= 4 is 27.5 Å². The Hall–Kier alpha value is -1.10. The first kappa shape index (κ1) is 13.3. The fraction of sp³-hybridized carbons (Fsp3) is 0.154. The molecule has 1 atom stereocenters. The van der Waals surface area contributed by atoms with E-state index in [4.69, 9.17) is 16.3 Å². The summed E-state index contributed by atoms with van der Waals surface area (Å²) in [5.41, 5.74) is 0.677.